The van der Waals surface area contributed by atoms with Gasteiger partial charge in [0.05, 0.1) is 12.7 Å². The molecule has 5 aliphatic carbocycles. The number of benzene rings is 1. The quantitative estimate of drug-likeness (QED) is 0.738. The maximum Gasteiger partial charge on any atom is 0.251 e. The molecule has 4 nitrogen and oxygen atoms in total. The van der Waals surface area contributed by atoms with E-state index in [9.17, 15) is 0 Å². The van der Waals surface area contributed by atoms with Gasteiger partial charge in [0.25, 0.3) is 5.79 Å². The fourth-order valence-electron chi connectivity index (χ4n) is 8.57. The van der Waals surface area contributed by atoms with Gasteiger partial charge in [0.1, 0.15) is 0 Å². The normalized spacial score (nSPS) is 41.1. The van der Waals surface area contributed by atoms with Crippen LogP contribution in [0.2, 0.25) is 0 Å². The Balaban J connectivity index is 1.16. The van der Waals surface area contributed by atoms with Crippen LogP contribution in [-0.4, -0.2) is 17.9 Å². The molecule has 1 aromatic carbocycles. The average molecular weight is 410 g/mol. The number of fused-ring (bicyclic) bond motifs is 3. The second-order valence-corrected chi connectivity index (χ2v) is 11.6. The van der Waals surface area contributed by atoms with Crippen LogP contribution in [0.15, 0.2) is 12.1 Å². The van der Waals surface area contributed by atoms with Crippen molar-refractivity contribution in [2.24, 2.45) is 28.9 Å². The zero-order valence-corrected chi connectivity index (χ0v) is 18.0. The van der Waals surface area contributed by atoms with Crippen molar-refractivity contribution < 1.29 is 14.2 Å². The molecule has 2 unspecified atom stereocenters. The number of hydrogen-bond acceptors (Lipinski definition) is 4. The largest absolute Gasteiger partial charge is 0.448 e. The topological polar surface area (TPSA) is 53.7 Å². The molecule has 30 heavy (non-hydrogen) atoms. The van der Waals surface area contributed by atoms with E-state index in [2.05, 4.69) is 12.1 Å². The fourth-order valence-corrected chi connectivity index (χ4v) is 8.57. The van der Waals surface area contributed by atoms with E-state index in [-0.39, 0.29) is 12.1 Å². The van der Waals surface area contributed by atoms with E-state index in [1.165, 1.54) is 68.9 Å². The van der Waals surface area contributed by atoms with Crippen LogP contribution >= 0.6 is 0 Å². The molecule has 162 valence electrons. The van der Waals surface area contributed by atoms with Crippen molar-refractivity contribution in [1.29, 1.82) is 0 Å². The minimum Gasteiger partial charge on any atom is -0.448 e. The van der Waals surface area contributed by atoms with Gasteiger partial charge in [0.2, 0.25) is 0 Å². The molecular formula is C26H35NO3. The van der Waals surface area contributed by atoms with Crippen LogP contribution in [0, 0.1) is 23.2 Å². The molecule has 2 aliphatic heterocycles. The van der Waals surface area contributed by atoms with Crippen molar-refractivity contribution in [3.05, 3.63) is 23.3 Å². The first-order valence-electron chi connectivity index (χ1n) is 12.5. The Bertz CT molecular complexity index is 823. The summed E-state index contributed by atoms with van der Waals surface area (Å²) in [5.74, 6) is 4.30. The Morgan fingerprint density at radius 3 is 2.30 bits per heavy atom. The number of nitrogens with two attached hydrogens (primary N) is 1. The zero-order chi connectivity index (χ0) is 19.9. The molecule has 4 bridgehead atoms. The van der Waals surface area contributed by atoms with Gasteiger partial charge in [-0.1, -0.05) is 12.5 Å². The lowest BCUT2D eigenvalue weighted by molar-refractivity contribution is -0.110. The average Bonchev–Trinajstić information content (AvgIpc) is 3.10. The van der Waals surface area contributed by atoms with Crippen LogP contribution < -0.4 is 15.2 Å². The monoisotopic (exact) mass is 409 g/mol. The summed E-state index contributed by atoms with van der Waals surface area (Å²) in [6, 6.07) is 4.42. The van der Waals surface area contributed by atoms with Crippen LogP contribution in [-0.2, 0) is 17.8 Å². The van der Waals surface area contributed by atoms with Crippen LogP contribution in [0.25, 0.3) is 0 Å². The fraction of sp³-hybridized carbons (Fsp3) is 0.769. The SMILES string of the molecule is NC(C1Cc2c(ccc3c2OC2(CCCCC2)O3)CO1)C12CC3CC(CC(C3)C1)C2. The molecule has 1 aromatic rings. The third-order valence-corrected chi connectivity index (χ3v) is 9.57. The molecule has 7 aliphatic rings. The van der Waals surface area contributed by atoms with E-state index in [4.69, 9.17) is 19.9 Å². The molecule has 4 heteroatoms. The van der Waals surface area contributed by atoms with Gasteiger partial charge < -0.3 is 19.9 Å². The van der Waals surface area contributed by atoms with Crippen molar-refractivity contribution in [2.45, 2.75) is 102 Å². The van der Waals surface area contributed by atoms with Gasteiger partial charge in [0.15, 0.2) is 11.5 Å². The third kappa shape index (κ3) is 2.65. The van der Waals surface area contributed by atoms with E-state index in [1.54, 1.807) is 0 Å². The van der Waals surface area contributed by atoms with Crippen LogP contribution in [0.4, 0.5) is 0 Å². The molecule has 8 rings (SSSR count). The molecule has 1 spiro atoms. The molecular weight excluding hydrogens is 374 g/mol. The first kappa shape index (κ1) is 18.3. The first-order chi connectivity index (χ1) is 14.6. The van der Waals surface area contributed by atoms with Crippen LogP contribution in [0.3, 0.4) is 0 Å². The summed E-state index contributed by atoms with van der Waals surface area (Å²) in [7, 11) is 0. The highest BCUT2D eigenvalue weighted by atomic mass is 16.7. The number of hydrogen-bond donors (Lipinski definition) is 1. The lowest BCUT2D eigenvalue weighted by Gasteiger charge is -2.60. The van der Waals surface area contributed by atoms with E-state index < -0.39 is 5.79 Å². The second kappa shape index (κ2) is 6.38. The lowest BCUT2D eigenvalue weighted by atomic mass is 9.47. The number of ether oxygens (including phenoxy) is 3. The Kier molecular flexibility index (Phi) is 3.90. The van der Waals surface area contributed by atoms with Crippen molar-refractivity contribution in [3.63, 3.8) is 0 Å². The Morgan fingerprint density at radius 1 is 0.900 bits per heavy atom. The van der Waals surface area contributed by atoms with Gasteiger partial charge in [0, 0.05) is 30.9 Å². The second-order valence-electron chi connectivity index (χ2n) is 11.6. The Hall–Kier alpha value is -1.26. The smallest absolute Gasteiger partial charge is 0.251 e. The minimum atomic E-state index is -0.411. The summed E-state index contributed by atoms with van der Waals surface area (Å²) in [5.41, 5.74) is 9.98. The first-order valence-corrected chi connectivity index (χ1v) is 12.5. The predicted octanol–water partition coefficient (Wildman–Crippen LogP) is 5.10. The van der Waals surface area contributed by atoms with Crippen LogP contribution in [0.1, 0.15) is 81.8 Å². The molecule has 0 amide bonds. The van der Waals surface area contributed by atoms with Gasteiger partial charge in [-0.2, -0.15) is 0 Å². The molecule has 2 atom stereocenters. The predicted molar refractivity (Wildman–Crippen MR) is 114 cm³/mol. The third-order valence-electron chi connectivity index (χ3n) is 9.57. The maximum absolute atomic E-state index is 7.09. The molecule has 5 saturated carbocycles. The van der Waals surface area contributed by atoms with Crippen molar-refractivity contribution in [2.75, 3.05) is 0 Å². The van der Waals surface area contributed by atoms with Gasteiger partial charge in [-0.3, -0.25) is 0 Å². The van der Waals surface area contributed by atoms with Crippen molar-refractivity contribution in [1.82, 2.24) is 0 Å². The zero-order valence-electron chi connectivity index (χ0n) is 18.0. The summed E-state index contributed by atoms with van der Waals surface area (Å²) in [4.78, 5) is 0. The van der Waals surface area contributed by atoms with Gasteiger partial charge in [-0.05, 0) is 86.2 Å². The van der Waals surface area contributed by atoms with Crippen molar-refractivity contribution in [3.8, 4) is 11.5 Å². The van der Waals surface area contributed by atoms with E-state index in [0.717, 1.165) is 48.5 Å². The van der Waals surface area contributed by atoms with E-state index in [0.29, 0.717) is 12.0 Å². The van der Waals surface area contributed by atoms with Crippen molar-refractivity contribution >= 4 is 0 Å². The van der Waals surface area contributed by atoms with Crippen LogP contribution in [0.5, 0.6) is 11.5 Å². The molecule has 0 aromatic heterocycles. The van der Waals surface area contributed by atoms with Gasteiger partial charge in [-0.15, -0.1) is 0 Å². The van der Waals surface area contributed by atoms with Gasteiger partial charge >= 0.3 is 0 Å². The molecule has 5 fully saturated rings. The van der Waals surface area contributed by atoms with E-state index >= 15 is 0 Å². The Morgan fingerprint density at radius 2 is 1.60 bits per heavy atom. The maximum atomic E-state index is 7.09. The molecule has 2 heterocycles. The number of rotatable bonds is 2. The summed E-state index contributed by atoms with van der Waals surface area (Å²) >= 11 is 0. The molecule has 0 radical (unpaired) electrons. The summed E-state index contributed by atoms with van der Waals surface area (Å²) in [6.07, 6.45) is 15.0. The highest BCUT2D eigenvalue weighted by Gasteiger charge is 2.55. The van der Waals surface area contributed by atoms with E-state index in [1.807, 2.05) is 0 Å². The Labute approximate surface area is 179 Å². The lowest BCUT2D eigenvalue weighted by Crippen LogP contribution is -2.59. The summed E-state index contributed by atoms with van der Waals surface area (Å²) in [5, 5.41) is 0. The summed E-state index contributed by atoms with van der Waals surface area (Å²) in [6.45, 7) is 0.656. The molecule has 2 N–H and O–H groups in total. The van der Waals surface area contributed by atoms with Gasteiger partial charge in [-0.25, -0.2) is 0 Å². The highest BCUT2D eigenvalue weighted by molar-refractivity contribution is 5.54. The standard InChI is InChI=1S/C26H35NO3/c27-24(25-12-16-8-17(13-25)10-18(9-16)14-25)22-11-20-19(15-28-22)4-5-21-23(20)30-26(29-21)6-2-1-3-7-26/h4-5,16-18,22,24H,1-3,6-15,27H2. The summed E-state index contributed by atoms with van der Waals surface area (Å²) < 4.78 is 19.4. The molecule has 0 saturated heterocycles. The highest BCUT2D eigenvalue weighted by Crippen LogP contribution is 2.62. The minimum absolute atomic E-state index is 0.103.